The van der Waals surface area contributed by atoms with Crippen LogP contribution in [0.3, 0.4) is 0 Å². The number of phenolic OH excluding ortho intramolecular Hbond substituents is 4. The fraction of sp³-hybridized carbons (Fsp3) is 0.158. The molecule has 2 aromatic carbocycles. The Morgan fingerprint density at radius 2 is 1.82 bits per heavy atom. The van der Waals surface area contributed by atoms with Crippen molar-refractivity contribution in [2.24, 2.45) is 0 Å². The molecule has 2 heterocycles. The van der Waals surface area contributed by atoms with Crippen LogP contribution in [0.1, 0.15) is 21.6 Å². The third-order valence-electron chi connectivity index (χ3n) is 4.76. The molecule has 0 aliphatic carbocycles. The highest BCUT2D eigenvalue weighted by atomic mass is 35.5. The SMILES string of the molecule is O=C(c1ccc(O)c(O)c1)N1CCc2[nH]nc(-c3cc(Cl)c(O)cc3O)c2C1. The zero-order chi connectivity index (χ0) is 20.0. The summed E-state index contributed by atoms with van der Waals surface area (Å²) in [6.45, 7) is 0.678. The Balaban J connectivity index is 1.67. The monoisotopic (exact) mass is 401 g/mol. The van der Waals surface area contributed by atoms with Crippen LogP contribution in [0.15, 0.2) is 30.3 Å². The lowest BCUT2D eigenvalue weighted by atomic mass is 9.99. The number of halogens is 1. The number of fused-ring (bicyclic) bond motifs is 1. The first-order valence-electron chi connectivity index (χ1n) is 8.44. The number of aromatic nitrogens is 2. The lowest BCUT2D eigenvalue weighted by Crippen LogP contribution is -2.35. The summed E-state index contributed by atoms with van der Waals surface area (Å²) in [7, 11) is 0. The maximum absolute atomic E-state index is 12.8. The van der Waals surface area contributed by atoms with E-state index in [0.29, 0.717) is 24.2 Å². The van der Waals surface area contributed by atoms with Crippen molar-refractivity contribution < 1.29 is 25.2 Å². The highest BCUT2D eigenvalue weighted by Gasteiger charge is 2.28. The fourth-order valence-corrected chi connectivity index (χ4v) is 3.43. The number of aromatic hydroxyl groups is 4. The highest BCUT2D eigenvalue weighted by molar-refractivity contribution is 6.32. The summed E-state index contributed by atoms with van der Waals surface area (Å²) in [6.07, 6.45) is 0.532. The van der Waals surface area contributed by atoms with Gasteiger partial charge < -0.3 is 25.3 Å². The fourth-order valence-electron chi connectivity index (χ4n) is 3.27. The van der Waals surface area contributed by atoms with Gasteiger partial charge in [0.2, 0.25) is 0 Å². The second kappa shape index (κ2) is 6.65. The van der Waals surface area contributed by atoms with Crippen LogP contribution in [-0.2, 0) is 13.0 Å². The summed E-state index contributed by atoms with van der Waals surface area (Å²) in [5, 5.41) is 46.2. The lowest BCUT2D eigenvalue weighted by Gasteiger charge is -2.27. The zero-order valence-electron chi connectivity index (χ0n) is 14.5. The van der Waals surface area contributed by atoms with Crippen molar-refractivity contribution in [1.82, 2.24) is 15.1 Å². The number of nitrogens with one attached hydrogen (secondary N) is 1. The van der Waals surface area contributed by atoms with Gasteiger partial charge in [0.15, 0.2) is 11.5 Å². The Hall–Kier alpha value is -3.39. The Kier molecular flexibility index (Phi) is 4.27. The van der Waals surface area contributed by atoms with Gasteiger partial charge in [0.25, 0.3) is 5.91 Å². The van der Waals surface area contributed by atoms with Crippen molar-refractivity contribution in [2.45, 2.75) is 13.0 Å². The summed E-state index contributed by atoms with van der Waals surface area (Å²) in [6, 6.07) is 6.48. The number of hydrogen-bond acceptors (Lipinski definition) is 6. The first-order valence-corrected chi connectivity index (χ1v) is 8.82. The van der Waals surface area contributed by atoms with Gasteiger partial charge in [-0.15, -0.1) is 0 Å². The molecule has 0 atom stereocenters. The molecule has 0 bridgehead atoms. The third-order valence-corrected chi connectivity index (χ3v) is 5.07. The number of benzene rings is 2. The molecular weight excluding hydrogens is 386 g/mol. The second-order valence-electron chi connectivity index (χ2n) is 6.53. The molecule has 0 saturated carbocycles. The van der Waals surface area contributed by atoms with Gasteiger partial charge in [0.05, 0.1) is 5.02 Å². The summed E-state index contributed by atoms with van der Waals surface area (Å²) in [5.41, 5.74) is 2.62. The Labute approximate surface area is 164 Å². The number of rotatable bonds is 2. The molecule has 0 unspecified atom stereocenters. The number of H-pyrrole nitrogens is 1. The molecule has 28 heavy (non-hydrogen) atoms. The van der Waals surface area contributed by atoms with Gasteiger partial charge >= 0.3 is 0 Å². The molecule has 4 rings (SSSR count). The third kappa shape index (κ3) is 2.97. The van der Waals surface area contributed by atoms with E-state index in [2.05, 4.69) is 10.2 Å². The van der Waals surface area contributed by atoms with Gasteiger partial charge in [-0.2, -0.15) is 5.10 Å². The molecule has 1 aliphatic heterocycles. The number of carbonyl (C=O) groups excluding carboxylic acids is 1. The molecule has 0 fully saturated rings. The van der Waals surface area contributed by atoms with Gasteiger partial charge in [-0.1, -0.05) is 11.6 Å². The second-order valence-corrected chi connectivity index (χ2v) is 6.94. The summed E-state index contributed by atoms with van der Waals surface area (Å²) >= 11 is 5.96. The van der Waals surface area contributed by atoms with E-state index in [1.54, 1.807) is 4.90 Å². The van der Waals surface area contributed by atoms with Gasteiger partial charge in [0, 0.05) is 48.0 Å². The van der Waals surface area contributed by atoms with Crippen molar-refractivity contribution in [3.8, 4) is 34.3 Å². The highest BCUT2D eigenvalue weighted by Crippen LogP contribution is 2.39. The van der Waals surface area contributed by atoms with Crippen LogP contribution in [0.2, 0.25) is 5.02 Å². The van der Waals surface area contributed by atoms with E-state index in [1.165, 1.54) is 24.3 Å². The van der Waals surface area contributed by atoms with E-state index in [1.807, 2.05) is 0 Å². The van der Waals surface area contributed by atoms with Crippen LogP contribution in [-0.4, -0.2) is 48.0 Å². The minimum absolute atomic E-state index is 0.0767. The minimum atomic E-state index is -0.365. The summed E-state index contributed by atoms with van der Waals surface area (Å²) < 4.78 is 0. The average Bonchev–Trinajstić information content (AvgIpc) is 3.09. The van der Waals surface area contributed by atoms with Gasteiger partial charge in [-0.25, -0.2) is 0 Å². The lowest BCUT2D eigenvalue weighted by molar-refractivity contribution is 0.0734. The molecule has 1 amide bonds. The van der Waals surface area contributed by atoms with Crippen molar-refractivity contribution in [3.05, 3.63) is 52.2 Å². The topological polar surface area (TPSA) is 130 Å². The summed E-state index contributed by atoms with van der Waals surface area (Å²) in [5.74, 6) is -1.38. The number of aromatic amines is 1. The van der Waals surface area contributed by atoms with Gasteiger partial charge in [-0.3, -0.25) is 9.89 Å². The molecule has 8 nitrogen and oxygen atoms in total. The van der Waals surface area contributed by atoms with Crippen molar-refractivity contribution in [2.75, 3.05) is 6.54 Å². The van der Waals surface area contributed by atoms with Gasteiger partial charge in [-0.05, 0) is 24.3 Å². The molecule has 5 N–H and O–H groups in total. The summed E-state index contributed by atoms with van der Waals surface area (Å²) in [4.78, 5) is 14.4. The Bertz CT molecular complexity index is 1100. The van der Waals surface area contributed by atoms with Crippen LogP contribution < -0.4 is 0 Å². The first kappa shape index (κ1) is 18.0. The number of carbonyl (C=O) groups is 1. The molecule has 144 valence electrons. The van der Waals surface area contributed by atoms with Crippen LogP contribution in [0.4, 0.5) is 0 Å². The van der Waals surface area contributed by atoms with Crippen molar-refractivity contribution >= 4 is 17.5 Å². The quantitative estimate of drug-likeness (QED) is 0.420. The van der Waals surface area contributed by atoms with Gasteiger partial charge in [0.1, 0.15) is 17.2 Å². The van der Waals surface area contributed by atoms with Crippen LogP contribution in [0, 0.1) is 0 Å². The molecule has 0 radical (unpaired) electrons. The van der Waals surface area contributed by atoms with E-state index in [4.69, 9.17) is 11.6 Å². The smallest absolute Gasteiger partial charge is 0.254 e. The van der Waals surface area contributed by atoms with Crippen molar-refractivity contribution in [3.63, 3.8) is 0 Å². The van der Waals surface area contributed by atoms with E-state index in [0.717, 1.165) is 17.3 Å². The number of nitrogens with zero attached hydrogens (tertiary/aromatic N) is 2. The molecule has 0 saturated heterocycles. The van der Waals surface area contributed by atoms with Crippen molar-refractivity contribution in [1.29, 1.82) is 0 Å². The normalized spacial score (nSPS) is 13.4. The maximum Gasteiger partial charge on any atom is 0.254 e. The average molecular weight is 402 g/mol. The molecule has 0 spiro atoms. The predicted molar refractivity (Wildman–Crippen MR) is 101 cm³/mol. The number of hydrogen-bond donors (Lipinski definition) is 5. The first-order chi connectivity index (χ1) is 13.3. The predicted octanol–water partition coefficient (Wildman–Crippen LogP) is 2.75. The largest absolute Gasteiger partial charge is 0.507 e. The zero-order valence-corrected chi connectivity index (χ0v) is 15.2. The van der Waals surface area contributed by atoms with Crippen LogP contribution in [0.25, 0.3) is 11.3 Å². The maximum atomic E-state index is 12.8. The van der Waals surface area contributed by atoms with E-state index >= 15 is 0 Å². The van der Waals surface area contributed by atoms with E-state index < -0.39 is 0 Å². The molecule has 1 aromatic heterocycles. The Morgan fingerprint density at radius 3 is 2.57 bits per heavy atom. The molecule has 9 heteroatoms. The van der Waals surface area contributed by atoms with E-state index in [-0.39, 0.29) is 46.0 Å². The molecule has 1 aliphatic rings. The molecule has 3 aromatic rings. The van der Waals surface area contributed by atoms with E-state index in [9.17, 15) is 25.2 Å². The molecular formula is C19H16ClN3O5. The van der Waals surface area contributed by atoms with Crippen LogP contribution in [0.5, 0.6) is 23.0 Å². The standard InChI is InChI=1S/C19H16ClN3O5/c20-12-6-10(15(25)7-16(12)26)18-11-8-23(4-3-13(11)21-22-18)19(28)9-1-2-14(24)17(27)5-9/h1-2,5-7,24-27H,3-4,8H2,(H,21,22). The Morgan fingerprint density at radius 1 is 1.04 bits per heavy atom. The number of phenols is 4. The minimum Gasteiger partial charge on any atom is -0.507 e. The van der Waals surface area contributed by atoms with Crippen LogP contribution >= 0.6 is 11.6 Å². The number of amides is 1.